The standard InChI is InChI=1S/C24H24F4N2O2/c1-4-16(19-8-9-20(25)15(2)22(19)32-3)12-23(31,24(26,27)28)14-30-21-7-5-6-17-13-29-11-10-18(17)21/h5-11,13-14,16,31H,4,12H2,1-3H3/t16-,23+/m1/s1. The van der Waals surface area contributed by atoms with Gasteiger partial charge in [-0.25, -0.2) is 4.39 Å². The lowest BCUT2D eigenvalue weighted by Gasteiger charge is -2.31. The fraction of sp³-hybridized carbons (Fsp3) is 0.333. The van der Waals surface area contributed by atoms with Crippen LogP contribution in [0.3, 0.4) is 0 Å². The van der Waals surface area contributed by atoms with Crippen LogP contribution in [-0.2, 0) is 0 Å². The van der Waals surface area contributed by atoms with Crippen molar-refractivity contribution in [2.24, 2.45) is 4.99 Å². The van der Waals surface area contributed by atoms with Gasteiger partial charge >= 0.3 is 6.18 Å². The molecule has 3 aromatic rings. The highest BCUT2D eigenvalue weighted by Gasteiger charge is 2.53. The Morgan fingerprint density at radius 2 is 1.94 bits per heavy atom. The number of halogens is 4. The molecular formula is C24H24F4N2O2. The van der Waals surface area contributed by atoms with Gasteiger partial charge in [-0.05, 0) is 49.4 Å². The van der Waals surface area contributed by atoms with Crippen LogP contribution in [0.15, 0.2) is 53.8 Å². The number of aliphatic hydroxyl groups is 1. The number of alkyl halides is 3. The van der Waals surface area contributed by atoms with E-state index in [1.165, 1.54) is 32.4 Å². The van der Waals surface area contributed by atoms with E-state index in [0.717, 1.165) is 5.39 Å². The van der Waals surface area contributed by atoms with Gasteiger partial charge in [0.2, 0.25) is 0 Å². The van der Waals surface area contributed by atoms with Gasteiger partial charge in [-0.15, -0.1) is 0 Å². The lowest BCUT2D eigenvalue weighted by Crippen LogP contribution is -2.47. The topological polar surface area (TPSA) is 54.7 Å². The number of ether oxygens (including phenoxy) is 1. The Kier molecular flexibility index (Phi) is 6.83. The summed E-state index contributed by atoms with van der Waals surface area (Å²) in [4.78, 5) is 8.01. The van der Waals surface area contributed by atoms with Gasteiger partial charge in [-0.3, -0.25) is 9.98 Å². The highest BCUT2D eigenvalue weighted by Crippen LogP contribution is 2.42. The molecule has 0 saturated carbocycles. The van der Waals surface area contributed by atoms with Gasteiger partial charge in [0.15, 0.2) is 5.60 Å². The first-order chi connectivity index (χ1) is 15.1. The SMILES string of the molecule is CC[C@H](C[C@](O)(C=Nc1cccc2cnccc12)C(F)(F)F)c1ccc(F)c(C)c1OC. The summed E-state index contributed by atoms with van der Waals surface area (Å²) in [5.41, 5.74) is -2.30. The molecule has 1 heterocycles. The van der Waals surface area contributed by atoms with Crippen molar-refractivity contribution in [2.75, 3.05) is 7.11 Å². The Labute approximate surface area is 183 Å². The first-order valence-corrected chi connectivity index (χ1v) is 10.1. The highest BCUT2D eigenvalue weighted by molar-refractivity contribution is 5.93. The summed E-state index contributed by atoms with van der Waals surface area (Å²) in [6.07, 6.45) is -1.74. The maximum absolute atomic E-state index is 14.0. The van der Waals surface area contributed by atoms with Crippen LogP contribution in [0.4, 0.5) is 23.2 Å². The van der Waals surface area contributed by atoms with E-state index in [1.807, 2.05) is 0 Å². The van der Waals surface area contributed by atoms with Crippen molar-refractivity contribution in [3.05, 3.63) is 65.7 Å². The van der Waals surface area contributed by atoms with Crippen LogP contribution in [0.5, 0.6) is 5.75 Å². The van der Waals surface area contributed by atoms with Crippen LogP contribution in [0.1, 0.15) is 36.8 Å². The van der Waals surface area contributed by atoms with Crippen LogP contribution in [0.25, 0.3) is 10.8 Å². The van der Waals surface area contributed by atoms with Gasteiger partial charge in [0, 0.05) is 34.9 Å². The third kappa shape index (κ3) is 4.60. The normalized spacial score (nSPS) is 15.1. The molecule has 0 aliphatic rings. The predicted molar refractivity (Wildman–Crippen MR) is 116 cm³/mol. The van der Waals surface area contributed by atoms with Crippen molar-refractivity contribution in [2.45, 2.75) is 44.4 Å². The zero-order valence-electron chi connectivity index (χ0n) is 17.9. The molecular weight excluding hydrogens is 424 g/mol. The molecule has 3 rings (SSSR count). The quantitative estimate of drug-likeness (QED) is 0.342. The van der Waals surface area contributed by atoms with E-state index < -0.39 is 29.9 Å². The Bertz CT molecular complexity index is 1130. The van der Waals surface area contributed by atoms with Crippen LogP contribution in [-0.4, -0.2) is 35.2 Å². The van der Waals surface area contributed by atoms with Gasteiger partial charge in [-0.1, -0.05) is 25.1 Å². The molecule has 0 spiro atoms. The molecule has 2 aromatic carbocycles. The van der Waals surface area contributed by atoms with E-state index >= 15 is 0 Å². The molecule has 0 saturated heterocycles. The number of benzene rings is 2. The van der Waals surface area contributed by atoms with E-state index in [0.29, 0.717) is 17.2 Å². The van der Waals surface area contributed by atoms with Crippen molar-refractivity contribution in [3.63, 3.8) is 0 Å². The van der Waals surface area contributed by atoms with E-state index in [9.17, 15) is 22.7 Å². The lowest BCUT2D eigenvalue weighted by molar-refractivity contribution is -0.232. The maximum Gasteiger partial charge on any atom is 0.422 e. The van der Waals surface area contributed by atoms with E-state index in [1.54, 1.807) is 37.4 Å². The average molecular weight is 448 g/mol. The molecule has 8 heteroatoms. The Morgan fingerprint density at radius 1 is 1.19 bits per heavy atom. The van der Waals surface area contributed by atoms with Crippen molar-refractivity contribution < 1.29 is 27.4 Å². The fourth-order valence-electron chi connectivity index (χ4n) is 3.77. The summed E-state index contributed by atoms with van der Waals surface area (Å²) >= 11 is 0. The van der Waals surface area contributed by atoms with Crippen molar-refractivity contribution >= 4 is 22.7 Å². The third-order valence-electron chi connectivity index (χ3n) is 5.63. The monoisotopic (exact) mass is 448 g/mol. The summed E-state index contributed by atoms with van der Waals surface area (Å²) in [6.45, 7) is 3.20. The molecule has 1 aromatic heterocycles. The molecule has 4 nitrogen and oxygen atoms in total. The summed E-state index contributed by atoms with van der Waals surface area (Å²) < 4.78 is 61.3. The molecule has 1 N–H and O–H groups in total. The molecule has 0 fully saturated rings. The molecule has 2 atom stereocenters. The molecule has 0 radical (unpaired) electrons. The number of methoxy groups -OCH3 is 1. The number of hydrogen-bond donors (Lipinski definition) is 1. The van der Waals surface area contributed by atoms with Crippen LogP contribution < -0.4 is 4.74 Å². The van der Waals surface area contributed by atoms with Gasteiger partial charge in [0.1, 0.15) is 11.6 Å². The number of rotatable bonds is 7. The van der Waals surface area contributed by atoms with Gasteiger partial charge in [0.05, 0.1) is 12.8 Å². The largest absolute Gasteiger partial charge is 0.496 e. The second-order valence-electron chi connectivity index (χ2n) is 7.66. The third-order valence-corrected chi connectivity index (χ3v) is 5.63. The van der Waals surface area contributed by atoms with Crippen LogP contribution in [0.2, 0.25) is 0 Å². The summed E-state index contributed by atoms with van der Waals surface area (Å²) in [5, 5.41) is 12.1. The number of hydrogen-bond acceptors (Lipinski definition) is 4. The van der Waals surface area contributed by atoms with E-state index in [2.05, 4.69) is 9.98 Å². The number of nitrogens with zero attached hydrogens (tertiary/aromatic N) is 2. The number of aromatic nitrogens is 1. The molecule has 0 aliphatic heterocycles. The van der Waals surface area contributed by atoms with Gasteiger partial charge < -0.3 is 9.84 Å². The Morgan fingerprint density at radius 3 is 2.59 bits per heavy atom. The Hall–Kier alpha value is -3.00. The van der Waals surface area contributed by atoms with Gasteiger partial charge in [0.25, 0.3) is 0 Å². The second-order valence-corrected chi connectivity index (χ2v) is 7.66. The molecule has 0 bridgehead atoms. The molecule has 170 valence electrons. The van der Waals surface area contributed by atoms with Crippen LogP contribution >= 0.6 is 0 Å². The molecule has 0 unspecified atom stereocenters. The number of pyridine rings is 1. The van der Waals surface area contributed by atoms with E-state index in [-0.39, 0.29) is 23.4 Å². The van der Waals surface area contributed by atoms with Crippen molar-refractivity contribution in [1.29, 1.82) is 0 Å². The Balaban J connectivity index is 2.02. The number of aliphatic imine (C=N–C) groups is 1. The predicted octanol–water partition coefficient (Wildman–Crippen LogP) is 6.27. The molecule has 32 heavy (non-hydrogen) atoms. The molecule has 0 amide bonds. The first-order valence-electron chi connectivity index (χ1n) is 10.1. The minimum Gasteiger partial charge on any atom is -0.496 e. The fourth-order valence-corrected chi connectivity index (χ4v) is 3.77. The molecule has 0 aliphatic carbocycles. The van der Waals surface area contributed by atoms with Crippen LogP contribution in [0, 0.1) is 12.7 Å². The summed E-state index contributed by atoms with van der Waals surface area (Å²) in [5.74, 6) is -1.09. The second kappa shape index (κ2) is 9.24. The van der Waals surface area contributed by atoms with Crippen molar-refractivity contribution in [1.82, 2.24) is 4.98 Å². The highest BCUT2D eigenvalue weighted by atomic mass is 19.4. The average Bonchev–Trinajstić information content (AvgIpc) is 2.77. The zero-order chi connectivity index (χ0) is 23.5. The smallest absolute Gasteiger partial charge is 0.422 e. The minimum absolute atomic E-state index is 0.180. The summed E-state index contributed by atoms with van der Waals surface area (Å²) in [7, 11) is 1.34. The number of fused-ring (bicyclic) bond motifs is 1. The van der Waals surface area contributed by atoms with E-state index in [4.69, 9.17) is 4.74 Å². The van der Waals surface area contributed by atoms with Crippen molar-refractivity contribution in [3.8, 4) is 5.75 Å². The maximum atomic E-state index is 14.0. The first kappa shape index (κ1) is 23.7. The zero-order valence-corrected chi connectivity index (χ0v) is 17.9. The van der Waals surface area contributed by atoms with Gasteiger partial charge in [-0.2, -0.15) is 13.2 Å². The summed E-state index contributed by atoms with van der Waals surface area (Å²) in [6, 6.07) is 9.24. The minimum atomic E-state index is -4.97. The lowest BCUT2D eigenvalue weighted by atomic mass is 9.83.